The van der Waals surface area contributed by atoms with Crippen molar-refractivity contribution < 1.29 is 19.1 Å². The topological polar surface area (TPSA) is 76.7 Å². The van der Waals surface area contributed by atoms with Crippen LogP contribution in [-0.2, 0) is 9.59 Å². The Bertz CT molecular complexity index is 1500. The van der Waals surface area contributed by atoms with Crippen LogP contribution in [0, 0.1) is 13.8 Å². The highest BCUT2D eigenvalue weighted by Crippen LogP contribution is 2.46. The summed E-state index contributed by atoms with van der Waals surface area (Å²) in [4.78, 5) is 27.7. The third kappa shape index (κ3) is 5.07. The van der Waals surface area contributed by atoms with Gasteiger partial charge in [-0.2, -0.15) is 0 Å². The zero-order chi connectivity index (χ0) is 27.7. The van der Waals surface area contributed by atoms with Crippen LogP contribution >= 0.6 is 0 Å². The number of hydrogen-bond acceptors (Lipinski definition) is 5. The van der Waals surface area contributed by atoms with Crippen LogP contribution in [0.25, 0.3) is 0 Å². The molecule has 0 saturated carbocycles. The van der Waals surface area contributed by atoms with E-state index in [-0.39, 0.29) is 17.6 Å². The Labute approximate surface area is 229 Å². The Kier molecular flexibility index (Phi) is 7.29. The number of nitrogens with one attached hydrogen (secondary N) is 2. The van der Waals surface area contributed by atoms with Crippen LogP contribution in [0.3, 0.4) is 0 Å². The first-order valence-corrected chi connectivity index (χ1v) is 13.2. The number of allylic oxidation sites excluding steroid dienone is 3. The summed E-state index contributed by atoms with van der Waals surface area (Å²) in [6.45, 7) is 5.92. The Balaban J connectivity index is 1.55. The highest BCUT2D eigenvalue weighted by atomic mass is 16.5. The van der Waals surface area contributed by atoms with Crippen molar-refractivity contribution in [2.75, 3.05) is 19.5 Å². The van der Waals surface area contributed by atoms with E-state index < -0.39 is 5.92 Å². The zero-order valence-corrected chi connectivity index (χ0v) is 23.1. The monoisotopic (exact) mass is 522 g/mol. The van der Waals surface area contributed by atoms with Crippen molar-refractivity contribution in [2.45, 2.75) is 45.4 Å². The first-order chi connectivity index (χ1) is 18.8. The van der Waals surface area contributed by atoms with Crippen LogP contribution in [0.5, 0.6) is 11.5 Å². The summed E-state index contributed by atoms with van der Waals surface area (Å²) in [6.07, 6.45) is 1.01. The van der Waals surface area contributed by atoms with Gasteiger partial charge in [-0.15, -0.1) is 0 Å². The fourth-order valence-corrected chi connectivity index (χ4v) is 5.68. The molecule has 1 amide bonds. The lowest BCUT2D eigenvalue weighted by atomic mass is 9.71. The second-order valence-electron chi connectivity index (χ2n) is 10.3. The molecule has 2 unspecified atom stereocenters. The Morgan fingerprint density at radius 3 is 2.26 bits per heavy atom. The number of methoxy groups -OCH3 is 2. The predicted molar refractivity (Wildman–Crippen MR) is 153 cm³/mol. The molecule has 0 fully saturated rings. The number of aryl methyl sites for hydroxylation is 2. The highest BCUT2D eigenvalue weighted by Gasteiger charge is 2.41. The van der Waals surface area contributed by atoms with Crippen molar-refractivity contribution in [3.63, 3.8) is 0 Å². The number of para-hydroxylation sites is 1. The second kappa shape index (κ2) is 10.8. The minimum absolute atomic E-state index is 0.0163. The van der Waals surface area contributed by atoms with Crippen LogP contribution in [0.2, 0.25) is 0 Å². The van der Waals surface area contributed by atoms with Gasteiger partial charge in [0.1, 0.15) is 0 Å². The van der Waals surface area contributed by atoms with Gasteiger partial charge < -0.3 is 20.1 Å². The molecule has 0 bridgehead atoms. The molecule has 6 heteroatoms. The van der Waals surface area contributed by atoms with Gasteiger partial charge in [-0.25, -0.2) is 0 Å². The largest absolute Gasteiger partial charge is 0.493 e. The summed E-state index contributed by atoms with van der Waals surface area (Å²) < 4.78 is 10.9. The van der Waals surface area contributed by atoms with Crippen molar-refractivity contribution in [3.8, 4) is 11.5 Å². The molecule has 0 saturated heterocycles. The number of benzene rings is 3. The van der Waals surface area contributed by atoms with Gasteiger partial charge in [0.2, 0.25) is 0 Å². The molecule has 3 aromatic rings. The highest BCUT2D eigenvalue weighted by molar-refractivity contribution is 6.10. The number of dihydropyridines is 1. The Morgan fingerprint density at radius 1 is 0.872 bits per heavy atom. The number of hydrogen-bond donors (Lipinski definition) is 2. The van der Waals surface area contributed by atoms with E-state index in [2.05, 4.69) is 10.6 Å². The van der Waals surface area contributed by atoms with Gasteiger partial charge in [-0.3, -0.25) is 9.59 Å². The van der Waals surface area contributed by atoms with Crippen LogP contribution < -0.4 is 20.1 Å². The summed E-state index contributed by atoms with van der Waals surface area (Å²) in [7, 11) is 3.22. The van der Waals surface area contributed by atoms with Crippen molar-refractivity contribution in [2.24, 2.45) is 0 Å². The van der Waals surface area contributed by atoms with E-state index in [0.717, 1.165) is 39.3 Å². The molecule has 200 valence electrons. The first kappa shape index (κ1) is 26.3. The fraction of sp³-hybridized carbons (Fsp3) is 0.273. The van der Waals surface area contributed by atoms with Crippen molar-refractivity contribution in [1.82, 2.24) is 5.32 Å². The second-order valence-corrected chi connectivity index (χ2v) is 10.3. The summed E-state index contributed by atoms with van der Waals surface area (Å²) in [5.74, 6) is 0.662. The third-order valence-corrected chi connectivity index (χ3v) is 7.76. The minimum atomic E-state index is -0.454. The third-order valence-electron chi connectivity index (χ3n) is 7.76. The Morgan fingerprint density at radius 2 is 1.56 bits per heavy atom. The molecule has 1 heterocycles. The molecule has 39 heavy (non-hydrogen) atoms. The van der Waals surface area contributed by atoms with E-state index in [9.17, 15) is 9.59 Å². The molecule has 6 nitrogen and oxygen atoms in total. The van der Waals surface area contributed by atoms with Gasteiger partial charge in [0.25, 0.3) is 5.91 Å². The van der Waals surface area contributed by atoms with Gasteiger partial charge in [0.05, 0.1) is 14.2 Å². The molecule has 2 atom stereocenters. The normalized spacial score (nSPS) is 18.8. The molecule has 2 N–H and O–H groups in total. The van der Waals surface area contributed by atoms with Crippen molar-refractivity contribution in [3.05, 3.63) is 112 Å². The smallest absolute Gasteiger partial charge is 0.254 e. The average molecular weight is 523 g/mol. The molecule has 3 aromatic carbocycles. The summed E-state index contributed by atoms with van der Waals surface area (Å²) in [5.41, 5.74) is 7.69. The zero-order valence-electron chi connectivity index (χ0n) is 23.1. The summed E-state index contributed by atoms with van der Waals surface area (Å²) in [6, 6.07) is 21.6. The maximum absolute atomic E-state index is 13.9. The number of ether oxygens (including phenoxy) is 2. The SMILES string of the molecule is COc1ccc(C2CC(=O)C3=C(C2)NC(C)=C(C(=O)Nc2ccccc2C)C3c2ccc(C)cc2)cc1OC. The van der Waals surface area contributed by atoms with Gasteiger partial charge >= 0.3 is 0 Å². The number of Topliss-reactive ketones (excluding diaryl/α,β-unsaturated/α-hetero) is 1. The number of carbonyl (C=O) groups is 2. The van der Waals surface area contributed by atoms with Crippen molar-refractivity contribution >= 4 is 17.4 Å². The van der Waals surface area contributed by atoms with Crippen molar-refractivity contribution in [1.29, 1.82) is 0 Å². The molecule has 0 radical (unpaired) electrons. The lowest BCUT2D eigenvalue weighted by molar-refractivity contribution is -0.116. The number of ketones is 1. The minimum Gasteiger partial charge on any atom is -0.493 e. The molecule has 0 aromatic heterocycles. The Hall–Kier alpha value is -4.32. The molecule has 2 aliphatic rings. The van der Waals surface area contributed by atoms with E-state index in [1.54, 1.807) is 14.2 Å². The number of carbonyl (C=O) groups excluding carboxylic acids is 2. The van der Waals surface area contributed by atoms with Crippen LogP contribution in [0.1, 0.15) is 53.9 Å². The number of anilines is 1. The first-order valence-electron chi connectivity index (χ1n) is 13.2. The summed E-state index contributed by atoms with van der Waals surface area (Å²) in [5, 5.41) is 6.56. The standard InChI is InChI=1S/C33H34N2O4/c1-19-10-12-22(13-11-19)31-30(33(37)35-25-9-7-6-8-20(25)2)21(3)34-26-16-24(17-27(36)32(26)31)23-14-15-28(38-4)29(18-23)39-5/h6-15,18,24,31,34H,16-17H2,1-5H3,(H,35,37). The van der Waals surface area contributed by atoms with Crippen LogP contribution in [-0.4, -0.2) is 25.9 Å². The average Bonchev–Trinajstić information content (AvgIpc) is 2.93. The number of rotatable bonds is 6. The maximum Gasteiger partial charge on any atom is 0.254 e. The van der Waals surface area contributed by atoms with Crippen LogP contribution in [0.4, 0.5) is 5.69 Å². The van der Waals surface area contributed by atoms with Crippen LogP contribution in [0.15, 0.2) is 89.3 Å². The quantitative estimate of drug-likeness (QED) is 0.396. The lowest BCUT2D eigenvalue weighted by Gasteiger charge is -2.37. The van der Waals surface area contributed by atoms with E-state index in [1.807, 2.05) is 87.5 Å². The molecule has 5 rings (SSSR count). The predicted octanol–water partition coefficient (Wildman–Crippen LogP) is 6.32. The van der Waals surface area contributed by atoms with E-state index >= 15 is 0 Å². The van der Waals surface area contributed by atoms with Gasteiger partial charge in [0.15, 0.2) is 17.3 Å². The summed E-state index contributed by atoms with van der Waals surface area (Å²) >= 11 is 0. The van der Waals surface area contributed by atoms with E-state index in [1.165, 1.54) is 0 Å². The van der Waals surface area contributed by atoms with Gasteiger partial charge in [0, 0.05) is 40.6 Å². The molecule has 0 spiro atoms. The maximum atomic E-state index is 13.9. The number of amides is 1. The van der Waals surface area contributed by atoms with Gasteiger partial charge in [-0.05, 0) is 68.0 Å². The molecule has 1 aliphatic carbocycles. The van der Waals surface area contributed by atoms with E-state index in [4.69, 9.17) is 9.47 Å². The molecule has 1 aliphatic heterocycles. The van der Waals surface area contributed by atoms with E-state index in [0.29, 0.717) is 35.5 Å². The van der Waals surface area contributed by atoms with Gasteiger partial charge in [-0.1, -0.05) is 54.1 Å². The molecular formula is C33H34N2O4. The fourth-order valence-electron chi connectivity index (χ4n) is 5.68. The molecular weight excluding hydrogens is 488 g/mol. The lowest BCUT2D eigenvalue weighted by Crippen LogP contribution is -2.37.